The number of hydrogen-bond acceptors (Lipinski definition) is 2. The molecule has 1 aliphatic rings. The van der Waals surface area contributed by atoms with E-state index in [1.807, 2.05) is 12.1 Å². The maximum absolute atomic E-state index is 5.35. The molecular weight excluding hydrogens is 358 g/mol. The fraction of sp³-hybridized carbons (Fsp3) is 0.588. The Kier molecular flexibility index (Phi) is 7.12. The number of nitrogens with one attached hydrogen (secondary N) is 2. The van der Waals surface area contributed by atoms with Gasteiger partial charge in [-0.15, -0.1) is 0 Å². The summed E-state index contributed by atoms with van der Waals surface area (Å²) in [5.41, 5.74) is 2.23. The molecule has 2 N–H and O–H groups in total. The third-order valence-electron chi connectivity index (χ3n) is 4.23. The van der Waals surface area contributed by atoms with Gasteiger partial charge >= 0.3 is 0 Å². The topological polar surface area (TPSA) is 27.3 Å². The summed E-state index contributed by atoms with van der Waals surface area (Å²) in [5.74, 6) is 0.903. The summed E-state index contributed by atoms with van der Waals surface area (Å²) in [7, 11) is 0. The lowest BCUT2D eigenvalue weighted by Gasteiger charge is -2.30. The van der Waals surface area contributed by atoms with Crippen LogP contribution in [0.15, 0.2) is 22.7 Å². The molecule has 1 aromatic carbocycles. The van der Waals surface area contributed by atoms with Crippen molar-refractivity contribution in [2.75, 3.05) is 31.5 Å². The quantitative estimate of drug-likeness (QED) is 0.589. The van der Waals surface area contributed by atoms with Gasteiger partial charge in [0.25, 0.3) is 0 Å². The van der Waals surface area contributed by atoms with Gasteiger partial charge in [0, 0.05) is 16.7 Å². The third-order valence-corrected chi connectivity index (χ3v) is 5.36. The van der Waals surface area contributed by atoms with Crippen LogP contribution in [0, 0.1) is 12.8 Å². The molecule has 1 aromatic rings. The van der Waals surface area contributed by atoms with Gasteiger partial charge in [0.2, 0.25) is 0 Å². The zero-order valence-corrected chi connectivity index (χ0v) is 15.9. The SMILES string of the molecule is Cc1cc(NC(=S)NCCCN2CCC(C)CC2)ccc1Br. The number of piperidine rings is 1. The highest BCUT2D eigenvalue weighted by Crippen LogP contribution is 2.20. The number of nitrogens with zero attached hydrogens (tertiary/aromatic N) is 1. The summed E-state index contributed by atoms with van der Waals surface area (Å²) in [6, 6.07) is 6.16. The van der Waals surface area contributed by atoms with E-state index in [2.05, 4.69) is 51.4 Å². The van der Waals surface area contributed by atoms with Gasteiger partial charge in [-0.25, -0.2) is 0 Å². The summed E-state index contributed by atoms with van der Waals surface area (Å²) in [6.45, 7) is 9.02. The Bertz CT molecular complexity index is 499. The monoisotopic (exact) mass is 383 g/mol. The van der Waals surface area contributed by atoms with Crippen molar-refractivity contribution in [1.29, 1.82) is 0 Å². The van der Waals surface area contributed by atoms with Crippen LogP contribution in [0.25, 0.3) is 0 Å². The van der Waals surface area contributed by atoms with Crippen LogP contribution >= 0.6 is 28.1 Å². The van der Waals surface area contributed by atoms with Crippen LogP contribution in [0.1, 0.15) is 31.7 Å². The third kappa shape index (κ3) is 5.86. The second-order valence-electron chi connectivity index (χ2n) is 6.22. The van der Waals surface area contributed by atoms with Gasteiger partial charge in [-0.1, -0.05) is 22.9 Å². The van der Waals surface area contributed by atoms with Crippen molar-refractivity contribution >= 4 is 38.9 Å². The van der Waals surface area contributed by atoms with E-state index >= 15 is 0 Å². The molecular formula is C17H26BrN3S. The molecule has 1 heterocycles. The van der Waals surface area contributed by atoms with Crippen molar-refractivity contribution in [2.45, 2.75) is 33.1 Å². The van der Waals surface area contributed by atoms with Crippen molar-refractivity contribution in [3.05, 3.63) is 28.2 Å². The lowest BCUT2D eigenvalue weighted by molar-refractivity contribution is 0.191. The molecule has 1 fully saturated rings. The van der Waals surface area contributed by atoms with Crippen molar-refractivity contribution in [3.63, 3.8) is 0 Å². The minimum Gasteiger partial charge on any atom is -0.362 e. The first-order valence-corrected chi connectivity index (χ1v) is 9.28. The van der Waals surface area contributed by atoms with E-state index in [4.69, 9.17) is 12.2 Å². The molecule has 0 saturated carbocycles. The van der Waals surface area contributed by atoms with Crippen molar-refractivity contribution in [3.8, 4) is 0 Å². The molecule has 2 rings (SSSR count). The van der Waals surface area contributed by atoms with Crippen LogP contribution in [-0.2, 0) is 0 Å². The Morgan fingerprint density at radius 3 is 2.77 bits per heavy atom. The largest absolute Gasteiger partial charge is 0.362 e. The van der Waals surface area contributed by atoms with E-state index in [1.165, 1.54) is 38.0 Å². The first-order valence-electron chi connectivity index (χ1n) is 8.08. The molecule has 5 heteroatoms. The Labute approximate surface area is 148 Å². The highest BCUT2D eigenvalue weighted by molar-refractivity contribution is 9.10. The predicted molar refractivity (Wildman–Crippen MR) is 103 cm³/mol. The van der Waals surface area contributed by atoms with Gasteiger partial charge < -0.3 is 15.5 Å². The Morgan fingerprint density at radius 1 is 1.36 bits per heavy atom. The fourth-order valence-electron chi connectivity index (χ4n) is 2.69. The zero-order chi connectivity index (χ0) is 15.9. The van der Waals surface area contributed by atoms with Crippen molar-refractivity contribution in [2.24, 2.45) is 5.92 Å². The summed E-state index contributed by atoms with van der Waals surface area (Å²) < 4.78 is 1.12. The fourth-order valence-corrected chi connectivity index (χ4v) is 3.15. The average molecular weight is 384 g/mol. The first kappa shape index (κ1) is 17.7. The van der Waals surface area contributed by atoms with Gasteiger partial charge in [-0.05, 0) is 87.7 Å². The Hall–Kier alpha value is -0.650. The van der Waals surface area contributed by atoms with Gasteiger partial charge in [-0.3, -0.25) is 0 Å². The molecule has 22 heavy (non-hydrogen) atoms. The molecule has 122 valence electrons. The number of rotatable bonds is 5. The van der Waals surface area contributed by atoms with Crippen LogP contribution in [0.3, 0.4) is 0 Å². The molecule has 1 aliphatic heterocycles. The van der Waals surface area contributed by atoms with Crippen LogP contribution in [0.5, 0.6) is 0 Å². The molecule has 0 aromatic heterocycles. The Balaban J connectivity index is 1.62. The normalized spacial score (nSPS) is 16.5. The second kappa shape index (κ2) is 8.85. The first-order chi connectivity index (χ1) is 10.5. The zero-order valence-electron chi connectivity index (χ0n) is 13.5. The average Bonchev–Trinajstić information content (AvgIpc) is 2.49. The van der Waals surface area contributed by atoms with E-state index < -0.39 is 0 Å². The van der Waals surface area contributed by atoms with E-state index in [1.54, 1.807) is 0 Å². The van der Waals surface area contributed by atoms with Gasteiger partial charge in [0.05, 0.1) is 0 Å². The summed E-state index contributed by atoms with van der Waals surface area (Å²) in [5, 5.41) is 7.24. The molecule has 1 saturated heterocycles. The van der Waals surface area contributed by atoms with Gasteiger partial charge in [0.1, 0.15) is 0 Å². The minimum absolute atomic E-state index is 0.703. The van der Waals surface area contributed by atoms with Crippen molar-refractivity contribution < 1.29 is 0 Å². The number of hydrogen-bond donors (Lipinski definition) is 2. The number of likely N-dealkylation sites (tertiary alicyclic amines) is 1. The standard InChI is InChI=1S/C17H26BrN3S/c1-13-6-10-21(11-7-13)9-3-8-19-17(22)20-15-4-5-16(18)14(2)12-15/h4-5,12-13H,3,6-11H2,1-2H3,(H2,19,20,22). The number of aryl methyl sites for hydroxylation is 1. The number of benzene rings is 1. The van der Waals surface area contributed by atoms with Gasteiger partial charge in [-0.2, -0.15) is 0 Å². The van der Waals surface area contributed by atoms with Crippen LogP contribution in [0.2, 0.25) is 0 Å². The van der Waals surface area contributed by atoms with E-state index in [0.29, 0.717) is 5.11 Å². The molecule has 3 nitrogen and oxygen atoms in total. The highest BCUT2D eigenvalue weighted by Gasteiger charge is 2.14. The minimum atomic E-state index is 0.703. The molecule has 0 atom stereocenters. The summed E-state index contributed by atoms with van der Waals surface area (Å²) >= 11 is 8.86. The van der Waals surface area contributed by atoms with Crippen LogP contribution in [0.4, 0.5) is 5.69 Å². The molecule has 0 unspecified atom stereocenters. The predicted octanol–water partition coefficient (Wildman–Crippen LogP) is 4.17. The van der Waals surface area contributed by atoms with Crippen LogP contribution < -0.4 is 10.6 Å². The summed E-state index contributed by atoms with van der Waals surface area (Å²) in [6.07, 6.45) is 3.82. The molecule has 0 amide bonds. The molecule has 0 spiro atoms. The maximum atomic E-state index is 5.35. The molecule has 0 bridgehead atoms. The highest BCUT2D eigenvalue weighted by atomic mass is 79.9. The lowest BCUT2D eigenvalue weighted by atomic mass is 9.99. The number of anilines is 1. The number of thiocarbonyl (C=S) groups is 1. The lowest BCUT2D eigenvalue weighted by Crippen LogP contribution is -2.36. The van der Waals surface area contributed by atoms with E-state index in [-0.39, 0.29) is 0 Å². The summed E-state index contributed by atoms with van der Waals surface area (Å²) in [4.78, 5) is 2.57. The second-order valence-corrected chi connectivity index (χ2v) is 7.49. The Morgan fingerprint density at radius 2 is 2.09 bits per heavy atom. The van der Waals surface area contributed by atoms with Crippen molar-refractivity contribution in [1.82, 2.24) is 10.2 Å². The van der Waals surface area contributed by atoms with Crippen LogP contribution in [-0.4, -0.2) is 36.2 Å². The van der Waals surface area contributed by atoms with E-state index in [0.717, 1.165) is 29.0 Å². The van der Waals surface area contributed by atoms with Gasteiger partial charge in [0.15, 0.2) is 5.11 Å². The number of halogens is 1. The smallest absolute Gasteiger partial charge is 0.170 e. The molecule has 0 radical (unpaired) electrons. The molecule has 0 aliphatic carbocycles. The maximum Gasteiger partial charge on any atom is 0.170 e. The van der Waals surface area contributed by atoms with E-state index in [9.17, 15) is 0 Å².